The van der Waals surface area contributed by atoms with E-state index in [2.05, 4.69) is 19.7 Å². The summed E-state index contributed by atoms with van der Waals surface area (Å²) in [7, 11) is -4.23. The van der Waals surface area contributed by atoms with E-state index < -0.39 is 39.9 Å². The van der Waals surface area contributed by atoms with Crippen LogP contribution < -0.4 is 15.2 Å². The number of hydrogen-bond donors (Lipinski definition) is 2. The molecule has 1 aliphatic rings. The molecule has 1 atom stereocenters. The summed E-state index contributed by atoms with van der Waals surface area (Å²) in [6, 6.07) is 10.8. The zero-order chi connectivity index (χ0) is 25.7. The van der Waals surface area contributed by atoms with Gasteiger partial charge in [0.15, 0.2) is 0 Å². The minimum absolute atomic E-state index is 0.0694. The maximum atomic E-state index is 14.8. The van der Waals surface area contributed by atoms with Crippen LogP contribution in [0.15, 0.2) is 54.9 Å². The molecule has 8 nitrogen and oxygen atoms in total. The number of aryl methyl sites for hydroxylation is 1. The van der Waals surface area contributed by atoms with E-state index in [-0.39, 0.29) is 22.9 Å². The smallest absolute Gasteiger partial charge is 0.252 e. The maximum Gasteiger partial charge on any atom is 0.252 e. The Morgan fingerprint density at radius 3 is 2.58 bits per heavy atom. The van der Waals surface area contributed by atoms with Gasteiger partial charge in [-0.1, -0.05) is 12.1 Å². The van der Waals surface area contributed by atoms with Crippen molar-refractivity contribution in [3.63, 3.8) is 0 Å². The number of nitrogens with one attached hydrogen (secondary N) is 1. The Bertz CT molecular complexity index is 1600. The van der Waals surface area contributed by atoms with E-state index in [1.165, 1.54) is 24.5 Å². The van der Waals surface area contributed by atoms with E-state index in [9.17, 15) is 21.6 Å². The topological polar surface area (TPSA) is 120 Å². The number of nitrogens with zero attached hydrogens (tertiary/aromatic N) is 3. The highest BCUT2D eigenvalue weighted by Gasteiger charge is 2.58. The lowest BCUT2D eigenvalue weighted by Crippen LogP contribution is -2.20. The van der Waals surface area contributed by atoms with Crippen molar-refractivity contribution < 1.29 is 26.3 Å². The molecule has 1 fully saturated rings. The van der Waals surface area contributed by atoms with Crippen LogP contribution in [0.5, 0.6) is 11.6 Å². The van der Waals surface area contributed by atoms with Gasteiger partial charge in [0.25, 0.3) is 5.92 Å². The van der Waals surface area contributed by atoms with E-state index in [0.29, 0.717) is 28.0 Å². The molecule has 0 bridgehead atoms. The van der Waals surface area contributed by atoms with Gasteiger partial charge in [-0.05, 0) is 42.8 Å². The number of ether oxygens (including phenoxy) is 1. The standard InChI is InChI=1S/C24H20F3N5O3S/c1-13-4-5-15-16(6-7-18(25)20(15)32-36(33,34)12-14-11-24(14,26)27)21(13)35-22-17(3-2-9-29-22)19-8-10-30-23(28)31-19/h2-10,14,32H,11-12H2,1H3,(H2,28,30,31). The van der Waals surface area contributed by atoms with E-state index in [0.717, 1.165) is 6.07 Å². The van der Waals surface area contributed by atoms with Gasteiger partial charge in [0.05, 0.1) is 22.7 Å². The van der Waals surface area contributed by atoms with Gasteiger partial charge >= 0.3 is 0 Å². The van der Waals surface area contributed by atoms with Crippen molar-refractivity contribution in [3.05, 3.63) is 66.2 Å². The first-order valence-electron chi connectivity index (χ1n) is 10.9. The van der Waals surface area contributed by atoms with E-state index in [1.807, 2.05) is 0 Å². The van der Waals surface area contributed by atoms with Gasteiger partial charge in [0, 0.05) is 35.5 Å². The van der Waals surface area contributed by atoms with E-state index in [1.54, 1.807) is 31.2 Å². The monoisotopic (exact) mass is 515 g/mol. The summed E-state index contributed by atoms with van der Waals surface area (Å²) in [6.07, 6.45) is 2.51. The number of rotatable bonds is 7. The average Bonchev–Trinajstić information content (AvgIpc) is 3.41. The maximum absolute atomic E-state index is 14.8. The van der Waals surface area contributed by atoms with Crippen molar-refractivity contribution >= 4 is 32.4 Å². The van der Waals surface area contributed by atoms with Crippen molar-refractivity contribution in [1.82, 2.24) is 15.0 Å². The van der Waals surface area contributed by atoms with Crippen LogP contribution in [-0.2, 0) is 10.0 Å². The molecule has 0 amide bonds. The second kappa shape index (κ2) is 8.63. The van der Waals surface area contributed by atoms with Crippen LogP contribution in [0.2, 0.25) is 0 Å². The third-order valence-corrected chi connectivity index (χ3v) is 7.21. The van der Waals surface area contributed by atoms with Crippen LogP contribution in [0.3, 0.4) is 0 Å². The molecule has 0 saturated heterocycles. The van der Waals surface area contributed by atoms with Gasteiger partial charge in [-0.25, -0.2) is 36.5 Å². The predicted octanol–water partition coefficient (Wildman–Crippen LogP) is 4.91. The molecule has 36 heavy (non-hydrogen) atoms. The first-order valence-corrected chi connectivity index (χ1v) is 12.5. The first-order chi connectivity index (χ1) is 17.0. The number of alkyl halides is 2. The summed E-state index contributed by atoms with van der Waals surface area (Å²) in [6.45, 7) is 1.77. The van der Waals surface area contributed by atoms with Gasteiger partial charge in [-0.2, -0.15) is 0 Å². The SMILES string of the molecule is Cc1ccc2c(NS(=O)(=O)CC3CC3(F)F)c(F)ccc2c1Oc1ncccc1-c1ccnc(N)n1. The molecule has 0 radical (unpaired) electrons. The summed E-state index contributed by atoms with van der Waals surface area (Å²) in [5, 5.41) is 0.593. The molecule has 4 aromatic rings. The van der Waals surface area contributed by atoms with Crippen LogP contribution in [0.1, 0.15) is 12.0 Å². The second-order valence-corrected chi connectivity index (χ2v) is 10.3. The lowest BCUT2D eigenvalue weighted by Gasteiger charge is -2.17. The number of fused-ring (bicyclic) bond motifs is 1. The summed E-state index contributed by atoms with van der Waals surface area (Å²) < 4.78 is 74.7. The third-order valence-electron chi connectivity index (χ3n) is 5.85. The number of hydrogen-bond acceptors (Lipinski definition) is 7. The zero-order valence-electron chi connectivity index (χ0n) is 18.9. The fourth-order valence-corrected chi connectivity index (χ4v) is 5.39. The predicted molar refractivity (Wildman–Crippen MR) is 129 cm³/mol. The molecule has 1 aliphatic carbocycles. The van der Waals surface area contributed by atoms with Crippen molar-refractivity contribution in [2.24, 2.45) is 5.92 Å². The van der Waals surface area contributed by atoms with Crippen LogP contribution >= 0.6 is 0 Å². The number of aromatic nitrogens is 3. The molecule has 0 spiro atoms. The molecule has 2 aromatic carbocycles. The quantitative estimate of drug-likeness (QED) is 0.359. The Labute approximate surface area is 204 Å². The second-order valence-electron chi connectivity index (χ2n) is 8.53. The molecule has 0 aliphatic heterocycles. The van der Waals surface area contributed by atoms with Crippen LogP contribution in [-0.4, -0.2) is 35.0 Å². The Morgan fingerprint density at radius 2 is 1.86 bits per heavy atom. The van der Waals surface area contributed by atoms with Crippen LogP contribution in [0, 0.1) is 18.7 Å². The largest absolute Gasteiger partial charge is 0.437 e. The molecule has 2 aromatic heterocycles. The molecule has 12 heteroatoms. The summed E-state index contributed by atoms with van der Waals surface area (Å²) in [5.74, 6) is -5.38. The van der Waals surface area contributed by atoms with Gasteiger partial charge in [-0.3, -0.25) is 4.72 Å². The Hall–Kier alpha value is -3.93. The number of sulfonamides is 1. The molecule has 1 unspecified atom stereocenters. The zero-order valence-corrected chi connectivity index (χ0v) is 19.7. The highest BCUT2D eigenvalue weighted by molar-refractivity contribution is 7.92. The fourth-order valence-electron chi connectivity index (χ4n) is 3.90. The number of nitrogens with two attached hydrogens (primary N) is 1. The van der Waals surface area contributed by atoms with Gasteiger partial charge in [0.1, 0.15) is 11.6 Å². The van der Waals surface area contributed by atoms with Gasteiger partial charge in [0.2, 0.25) is 21.9 Å². The summed E-state index contributed by atoms with van der Waals surface area (Å²) >= 11 is 0. The number of pyridine rings is 1. The van der Waals surface area contributed by atoms with Crippen LogP contribution in [0.4, 0.5) is 24.8 Å². The minimum atomic E-state index is -4.23. The Kier molecular flexibility index (Phi) is 5.70. The number of nitrogen functional groups attached to an aromatic ring is 1. The first kappa shape index (κ1) is 23.8. The van der Waals surface area contributed by atoms with Crippen molar-refractivity contribution in [3.8, 4) is 22.9 Å². The van der Waals surface area contributed by atoms with Crippen molar-refractivity contribution in [2.75, 3.05) is 16.2 Å². The van der Waals surface area contributed by atoms with Crippen molar-refractivity contribution in [2.45, 2.75) is 19.3 Å². The summed E-state index contributed by atoms with van der Waals surface area (Å²) in [5.41, 5.74) is 7.03. The molecule has 5 rings (SSSR count). The normalized spacial score (nSPS) is 16.6. The fraction of sp³-hybridized carbons (Fsp3) is 0.208. The van der Waals surface area contributed by atoms with E-state index >= 15 is 0 Å². The molecule has 2 heterocycles. The Morgan fingerprint density at radius 1 is 1.11 bits per heavy atom. The molecular weight excluding hydrogens is 495 g/mol. The number of halogens is 3. The minimum Gasteiger partial charge on any atom is -0.437 e. The van der Waals surface area contributed by atoms with Crippen LogP contribution in [0.25, 0.3) is 22.0 Å². The molecule has 3 N–H and O–H groups in total. The molecule has 1 saturated carbocycles. The highest BCUT2D eigenvalue weighted by Crippen LogP contribution is 2.49. The lowest BCUT2D eigenvalue weighted by atomic mass is 10.0. The van der Waals surface area contributed by atoms with E-state index in [4.69, 9.17) is 10.5 Å². The summed E-state index contributed by atoms with van der Waals surface area (Å²) in [4.78, 5) is 12.4. The highest BCUT2D eigenvalue weighted by atomic mass is 32.2. The number of benzene rings is 2. The third kappa shape index (κ3) is 4.63. The Balaban J connectivity index is 1.55. The lowest BCUT2D eigenvalue weighted by molar-refractivity contribution is 0.103. The average molecular weight is 516 g/mol. The van der Waals surface area contributed by atoms with Gasteiger partial charge < -0.3 is 10.5 Å². The molecular formula is C24H20F3N5O3S. The van der Waals surface area contributed by atoms with Gasteiger partial charge in [-0.15, -0.1) is 0 Å². The number of anilines is 2. The molecule has 186 valence electrons. The van der Waals surface area contributed by atoms with Crippen molar-refractivity contribution in [1.29, 1.82) is 0 Å².